The second-order valence-electron chi connectivity index (χ2n) is 9.89. The third-order valence-corrected chi connectivity index (χ3v) is 7.80. The summed E-state index contributed by atoms with van der Waals surface area (Å²) >= 11 is 0. The third kappa shape index (κ3) is 2.73. The molecule has 0 unspecified atom stereocenters. The van der Waals surface area contributed by atoms with Crippen LogP contribution in [0.3, 0.4) is 0 Å². The molecule has 0 aliphatic carbocycles. The lowest BCUT2D eigenvalue weighted by Gasteiger charge is -2.13. The van der Waals surface area contributed by atoms with Crippen LogP contribution >= 0.6 is 0 Å². The molecule has 0 fully saturated rings. The highest BCUT2D eigenvalue weighted by Gasteiger charge is 2.21. The number of fused-ring (bicyclic) bond motifs is 9. The normalized spacial score (nSPS) is 12.1. The maximum absolute atomic E-state index is 6.59. The molecule has 4 aromatic carbocycles. The van der Waals surface area contributed by atoms with Crippen molar-refractivity contribution in [1.29, 1.82) is 0 Å². The van der Waals surface area contributed by atoms with Crippen molar-refractivity contribution in [2.24, 2.45) is 0 Å². The first-order valence-electron chi connectivity index (χ1n) is 13.0. The maximum atomic E-state index is 6.59. The molecule has 0 spiro atoms. The topological polar surface area (TPSA) is 48.8 Å². The molecule has 39 heavy (non-hydrogen) atoms. The zero-order valence-electron chi connectivity index (χ0n) is 20.7. The number of para-hydroxylation sites is 3. The highest BCUT2D eigenvalue weighted by molar-refractivity contribution is 6.13. The van der Waals surface area contributed by atoms with Gasteiger partial charge < -0.3 is 13.6 Å². The number of pyridine rings is 2. The SMILES string of the molecule is c1ccc2c(c1)oc1c(-n3c4ccccc4c4ncccc43)cc(-n3c4ccccc4c4ncccc43)cc12. The zero-order valence-corrected chi connectivity index (χ0v) is 20.7. The summed E-state index contributed by atoms with van der Waals surface area (Å²) in [5.41, 5.74) is 10.0. The molecule has 0 saturated heterocycles. The van der Waals surface area contributed by atoms with E-state index in [1.54, 1.807) is 0 Å². The van der Waals surface area contributed by atoms with Gasteiger partial charge in [-0.05, 0) is 54.6 Å². The van der Waals surface area contributed by atoms with Crippen LogP contribution in [-0.4, -0.2) is 19.1 Å². The van der Waals surface area contributed by atoms with Gasteiger partial charge in [0.05, 0.1) is 38.8 Å². The molecular formula is C34H20N4O. The summed E-state index contributed by atoms with van der Waals surface area (Å²) in [6, 6.07) is 37.9. The van der Waals surface area contributed by atoms with Gasteiger partial charge in [0.2, 0.25) is 0 Å². The van der Waals surface area contributed by atoms with Crippen molar-refractivity contribution in [3.63, 3.8) is 0 Å². The first kappa shape index (κ1) is 20.6. The molecule has 0 N–H and O–H groups in total. The summed E-state index contributed by atoms with van der Waals surface area (Å²) in [6.07, 6.45) is 3.72. The van der Waals surface area contributed by atoms with Crippen LogP contribution in [0, 0.1) is 0 Å². The Bertz CT molecular complexity index is 2300. The second-order valence-corrected chi connectivity index (χ2v) is 9.89. The molecule has 5 heterocycles. The minimum Gasteiger partial charge on any atom is -0.454 e. The Morgan fingerprint density at radius 1 is 0.487 bits per heavy atom. The minimum atomic E-state index is 0.852. The van der Waals surface area contributed by atoms with E-state index in [4.69, 9.17) is 14.4 Å². The Morgan fingerprint density at radius 3 is 1.77 bits per heavy atom. The van der Waals surface area contributed by atoms with E-state index in [0.717, 1.165) is 77.2 Å². The maximum Gasteiger partial charge on any atom is 0.159 e. The number of aromatic nitrogens is 4. The molecule has 0 bridgehead atoms. The van der Waals surface area contributed by atoms with Crippen LogP contribution in [0.25, 0.3) is 77.2 Å². The van der Waals surface area contributed by atoms with E-state index in [1.165, 1.54) is 0 Å². The van der Waals surface area contributed by atoms with Crippen LogP contribution in [0.4, 0.5) is 0 Å². The summed E-state index contributed by atoms with van der Waals surface area (Å²) in [5, 5.41) is 4.41. The molecule has 5 nitrogen and oxygen atoms in total. The van der Waals surface area contributed by atoms with Gasteiger partial charge in [0.1, 0.15) is 5.58 Å². The fraction of sp³-hybridized carbons (Fsp3) is 0. The van der Waals surface area contributed by atoms with Gasteiger partial charge in [0, 0.05) is 39.6 Å². The van der Waals surface area contributed by atoms with Gasteiger partial charge in [0.25, 0.3) is 0 Å². The van der Waals surface area contributed by atoms with Crippen molar-refractivity contribution in [3.05, 3.63) is 122 Å². The van der Waals surface area contributed by atoms with E-state index in [2.05, 4.69) is 94.1 Å². The molecule has 0 radical (unpaired) electrons. The van der Waals surface area contributed by atoms with E-state index in [9.17, 15) is 0 Å². The molecule has 0 atom stereocenters. The molecule has 182 valence electrons. The van der Waals surface area contributed by atoms with Gasteiger partial charge in [0.15, 0.2) is 5.58 Å². The lowest BCUT2D eigenvalue weighted by atomic mass is 10.1. The average molecular weight is 501 g/mol. The summed E-state index contributed by atoms with van der Waals surface area (Å²) in [5.74, 6) is 0. The average Bonchev–Trinajstić information content (AvgIpc) is 3.65. The van der Waals surface area contributed by atoms with Crippen molar-refractivity contribution in [3.8, 4) is 11.4 Å². The van der Waals surface area contributed by atoms with Gasteiger partial charge in [-0.3, -0.25) is 9.97 Å². The number of rotatable bonds is 2. The molecule has 0 amide bonds. The van der Waals surface area contributed by atoms with Crippen molar-refractivity contribution in [2.45, 2.75) is 0 Å². The minimum absolute atomic E-state index is 0.852. The van der Waals surface area contributed by atoms with Crippen molar-refractivity contribution in [1.82, 2.24) is 19.1 Å². The largest absolute Gasteiger partial charge is 0.454 e. The number of benzene rings is 4. The fourth-order valence-electron chi connectivity index (χ4n) is 6.19. The molecule has 9 rings (SSSR count). The van der Waals surface area contributed by atoms with Gasteiger partial charge in [-0.25, -0.2) is 0 Å². The Morgan fingerprint density at radius 2 is 1.05 bits per heavy atom. The molecule has 9 aromatic rings. The predicted octanol–water partition coefficient (Wildman–Crippen LogP) is 8.57. The van der Waals surface area contributed by atoms with Crippen LogP contribution in [0.2, 0.25) is 0 Å². The van der Waals surface area contributed by atoms with Crippen molar-refractivity contribution >= 4 is 65.8 Å². The summed E-state index contributed by atoms with van der Waals surface area (Å²) in [7, 11) is 0. The zero-order chi connectivity index (χ0) is 25.5. The number of hydrogen-bond donors (Lipinski definition) is 0. The monoisotopic (exact) mass is 500 g/mol. The molecule has 0 saturated carbocycles. The van der Waals surface area contributed by atoms with Gasteiger partial charge in [-0.2, -0.15) is 0 Å². The highest BCUT2D eigenvalue weighted by Crippen LogP contribution is 2.40. The first-order valence-corrected chi connectivity index (χ1v) is 13.0. The van der Waals surface area contributed by atoms with Crippen molar-refractivity contribution < 1.29 is 4.42 Å². The van der Waals surface area contributed by atoms with E-state index in [0.29, 0.717) is 0 Å². The molecular weight excluding hydrogens is 480 g/mol. The number of hydrogen-bond acceptors (Lipinski definition) is 3. The van der Waals surface area contributed by atoms with Gasteiger partial charge >= 0.3 is 0 Å². The van der Waals surface area contributed by atoms with E-state index >= 15 is 0 Å². The number of furan rings is 1. The second kappa shape index (κ2) is 7.55. The molecule has 0 aliphatic heterocycles. The van der Waals surface area contributed by atoms with Crippen LogP contribution in [0.5, 0.6) is 0 Å². The summed E-state index contributed by atoms with van der Waals surface area (Å²) in [4.78, 5) is 9.53. The Kier molecular flexibility index (Phi) is 3.99. The predicted molar refractivity (Wildman–Crippen MR) is 158 cm³/mol. The summed E-state index contributed by atoms with van der Waals surface area (Å²) < 4.78 is 11.2. The third-order valence-electron chi connectivity index (χ3n) is 7.80. The fourth-order valence-corrected chi connectivity index (χ4v) is 6.19. The van der Waals surface area contributed by atoms with Gasteiger partial charge in [-0.1, -0.05) is 54.6 Å². The molecule has 0 aliphatic rings. The number of nitrogens with zero attached hydrogens (tertiary/aromatic N) is 4. The van der Waals surface area contributed by atoms with Crippen LogP contribution in [0.15, 0.2) is 126 Å². The molecule has 5 heteroatoms. The van der Waals surface area contributed by atoms with Crippen LogP contribution < -0.4 is 0 Å². The van der Waals surface area contributed by atoms with E-state index in [-0.39, 0.29) is 0 Å². The molecule has 5 aromatic heterocycles. The standard InChI is InChI=1S/C34H20N4O/c1-4-12-26-23(10-1)32-28(14-7-17-35-32)37(26)21-19-25-22-9-3-6-16-31(22)39-34(25)30(20-21)38-27-13-5-2-11-24(27)33-29(38)15-8-18-36-33/h1-20H. The quantitative estimate of drug-likeness (QED) is 0.239. The lowest BCUT2D eigenvalue weighted by molar-refractivity contribution is 0.666. The van der Waals surface area contributed by atoms with E-state index < -0.39 is 0 Å². The van der Waals surface area contributed by atoms with Crippen LogP contribution in [-0.2, 0) is 0 Å². The Balaban J connectivity index is 1.50. The summed E-state index contributed by atoms with van der Waals surface area (Å²) in [6.45, 7) is 0. The smallest absolute Gasteiger partial charge is 0.159 e. The van der Waals surface area contributed by atoms with Crippen LogP contribution in [0.1, 0.15) is 0 Å². The Labute approximate surface area is 222 Å². The Hall–Kier alpha value is -5.42. The van der Waals surface area contributed by atoms with Gasteiger partial charge in [-0.15, -0.1) is 0 Å². The first-order chi connectivity index (χ1) is 19.4. The highest BCUT2D eigenvalue weighted by atomic mass is 16.3. The lowest BCUT2D eigenvalue weighted by Crippen LogP contribution is -1.99. The van der Waals surface area contributed by atoms with Crippen molar-refractivity contribution in [2.75, 3.05) is 0 Å². The van der Waals surface area contributed by atoms with E-state index in [1.807, 2.05) is 36.7 Å².